The van der Waals surface area contributed by atoms with Crippen molar-refractivity contribution in [1.29, 1.82) is 0 Å². The molecule has 0 aliphatic rings. The first kappa shape index (κ1) is 13.1. The Labute approximate surface area is 113 Å². The monoisotopic (exact) mass is 255 g/mol. The molecule has 0 radical (unpaired) electrons. The van der Waals surface area contributed by atoms with Crippen molar-refractivity contribution in [3.05, 3.63) is 60.2 Å². The third-order valence-corrected chi connectivity index (χ3v) is 2.68. The fourth-order valence-corrected chi connectivity index (χ4v) is 1.67. The molecular formula is C16H17NO2. The Kier molecular flexibility index (Phi) is 4.56. The second kappa shape index (κ2) is 6.59. The molecule has 0 aliphatic heterocycles. The van der Waals surface area contributed by atoms with Crippen LogP contribution in [0.5, 0.6) is 5.75 Å². The van der Waals surface area contributed by atoms with Crippen LogP contribution in [0.3, 0.4) is 0 Å². The molecule has 2 aromatic rings. The molecule has 0 bridgehead atoms. The number of rotatable bonds is 5. The minimum Gasteiger partial charge on any atom is -0.489 e. The molecule has 0 aromatic heterocycles. The van der Waals surface area contributed by atoms with E-state index in [0.717, 1.165) is 17.0 Å². The topological polar surface area (TPSA) is 38.3 Å². The zero-order valence-electron chi connectivity index (χ0n) is 10.9. The predicted molar refractivity (Wildman–Crippen MR) is 76.1 cm³/mol. The maximum atomic E-state index is 11.3. The molecule has 1 amide bonds. The average Bonchev–Trinajstić information content (AvgIpc) is 2.46. The van der Waals surface area contributed by atoms with Gasteiger partial charge in [-0.05, 0) is 29.8 Å². The summed E-state index contributed by atoms with van der Waals surface area (Å²) in [7, 11) is 0. The van der Waals surface area contributed by atoms with Gasteiger partial charge in [-0.15, -0.1) is 0 Å². The Morgan fingerprint density at radius 1 is 1.11 bits per heavy atom. The molecule has 3 heteroatoms. The number of anilines is 1. The lowest BCUT2D eigenvalue weighted by Crippen LogP contribution is -2.09. The van der Waals surface area contributed by atoms with Gasteiger partial charge in [0.25, 0.3) is 0 Å². The Morgan fingerprint density at radius 2 is 1.89 bits per heavy atom. The van der Waals surface area contributed by atoms with Crippen LogP contribution in [0.15, 0.2) is 54.6 Å². The Hall–Kier alpha value is -2.29. The van der Waals surface area contributed by atoms with Gasteiger partial charge in [0.05, 0.1) is 0 Å². The Balaban J connectivity index is 1.97. The van der Waals surface area contributed by atoms with Gasteiger partial charge >= 0.3 is 0 Å². The van der Waals surface area contributed by atoms with E-state index in [1.165, 1.54) is 0 Å². The van der Waals surface area contributed by atoms with Gasteiger partial charge in [0.2, 0.25) is 5.91 Å². The molecule has 19 heavy (non-hydrogen) atoms. The normalized spacial score (nSPS) is 9.95. The number of amides is 1. The largest absolute Gasteiger partial charge is 0.489 e. The molecular weight excluding hydrogens is 238 g/mol. The first-order valence-corrected chi connectivity index (χ1v) is 6.34. The highest BCUT2D eigenvalue weighted by atomic mass is 16.5. The molecule has 2 aromatic carbocycles. The number of hydrogen-bond donors (Lipinski definition) is 1. The molecule has 0 aliphatic carbocycles. The molecule has 0 spiro atoms. The molecule has 0 saturated heterocycles. The standard InChI is InChI=1S/C16H17NO2/c1-2-16(18)17-14-8-6-7-13(11-14)12-19-15-9-4-3-5-10-15/h3-11H,2,12H2,1H3,(H,17,18). The number of para-hydroxylation sites is 1. The van der Waals surface area contributed by atoms with E-state index < -0.39 is 0 Å². The molecule has 0 saturated carbocycles. The fraction of sp³-hybridized carbons (Fsp3) is 0.188. The van der Waals surface area contributed by atoms with E-state index >= 15 is 0 Å². The van der Waals surface area contributed by atoms with E-state index in [2.05, 4.69) is 5.32 Å². The van der Waals surface area contributed by atoms with E-state index in [9.17, 15) is 4.79 Å². The lowest BCUT2D eigenvalue weighted by atomic mass is 10.2. The predicted octanol–water partition coefficient (Wildman–Crippen LogP) is 3.61. The number of nitrogens with one attached hydrogen (secondary N) is 1. The van der Waals surface area contributed by atoms with Gasteiger partial charge in [-0.3, -0.25) is 4.79 Å². The first-order valence-electron chi connectivity index (χ1n) is 6.34. The highest BCUT2D eigenvalue weighted by Crippen LogP contribution is 2.15. The van der Waals surface area contributed by atoms with Crippen molar-refractivity contribution in [2.24, 2.45) is 0 Å². The van der Waals surface area contributed by atoms with Gasteiger partial charge in [-0.2, -0.15) is 0 Å². The van der Waals surface area contributed by atoms with Crippen LogP contribution in [0.1, 0.15) is 18.9 Å². The van der Waals surface area contributed by atoms with Crippen molar-refractivity contribution in [2.75, 3.05) is 5.32 Å². The molecule has 0 unspecified atom stereocenters. The molecule has 1 N–H and O–H groups in total. The molecule has 0 atom stereocenters. The number of carbonyl (C=O) groups is 1. The van der Waals surface area contributed by atoms with E-state index in [0.29, 0.717) is 13.0 Å². The van der Waals surface area contributed by atoms with Gasteiger partial charge in [0.15, 0.2) is 0 Å². The Morgan fingerprint density at radius 3 is 2.63 bits per heavy atom. The van der Waals surface area contributed by atoms with Crippen molar-refractivity contribution in [1.82, 2.24) is 0 Å². The lowest BCUT2D eigenvalue weighted by molar-refractivity contribution is -0.115. The summed E-state index contributed by atoms with van der Waals surface area (Å²) in [5.74, 6) is 0.853. The SMILES string of the molecule is CCC(=O)Nc1cccc(COc2ccccc2)c1. The molecule has 3 nitrogen and oxygen atoms in total. The van der Waals surface area contributed by atoms with E-state index in [1.807, 2.05) is 61.5 Å². The van der Waals surface area contributed by atoms with E-state index in [4.69, 9.17) is 4.74 Å². The van der Waals surface area contributed by atoms with Crippen molar-refractivity contribution < 1.29 is 9.53 Å². The highest BCUT2D eigenvalue weighted by Gasteiger charge is 2.01. The van der Waals surface area contributed by atoms with Gasteiger partial charge in [0, 0.05) is 12.1 Å². The summed E-state index contributed by atoms with van der Waals surface area (Å²) in [6.45, 7) is 2.32. The summed E-state index contributed by atoms with van der Waals surface area (Å²) in [4.78, 5) is 11.3. The van der Waals surface area contributed by atoms with Crippen LogP contribution >= 0.6 is 0 Å². The summed E-state index contributed by atoms with van der Waals surface area (Å²) in [6, 6.07) is 17.4. The maximum absolute atomic E-state index is 11.3. The van der Waals surface area contributed by atoms with Crippen LogP contribution < -0.4 is 10.1 Å². The van der Waals surface area contributed by atoms with Crippen LogP contribution in [0.2, 0.25) is 0 Å². The number of benzene rings is 2. The third-order valence-electron chi connectivity index (χ3n) is 2.68. The average molecular weight is 255 g/mol. The maximum Gasteiger partial charge on any atom is 0.224 e. The zero-order chi connectivity index (χ0) is 13.5. The molecule has 2 rings (SSSR count). The van der Waals surface area contributed by atoms with Gasteiger partial charge in [0.1, 0.15) is 12.4 Å². The van der Waals surface area contributed by atoms with Crippen molar-refractivity contribution >= 4 is 11.6 Å². The second-order valence-electron chi connectivity index (χ2n) is 4.20. The van der Waals surface area contributed by atoms with E-state index in [-0.39, 0.29) is 5.91 Å². The van der Waals surface area contributed by atoms with Crippen LogP contribution in [0, 0.1) is 0 Å². The molecule has 98 valence electrons. The smallest absolute Gasteiger partial charge is 0.224 e. The molecule has 0 fully saturated rings. The zero-order valence-corrected chi connectivity index (χ0v) is 10.9. The van der Waals surface area contributed by atoms with Crippen LogP contribution in [0.4, 0.5) is 5.69 Å². The van der Waals surface area contributed by atoms with Crippen LogP contribution in [0.25, 0.3) is 0 Å². The number of carbonyl (C=O) groups excluding carboxylic acids is 1. The summed E-state index contributed by atoms with van der Waals surface area (Å²) in [6.07, 6.45) is 0.477. The van der Waals surface area contributed by atoms with Gasteiger partial charge in [-0.1, -0.05) is 37.3 Å². The molecule has 0 heterocycles. The summed E-state index contributed by atoms with van der Waals surface area (Å²) >= 11 is 0. The highest BCUT2D eigenvalue weighted by molar-refractivity contribution is 5.90. The van der Waals surface area contributed by atoms with E-state index in [1.54, 1.807) is 0 Å². The minimum atomic E-state index is 0.0149. The minimum absolute atomic E-state index is 0.0149. The summed E-state index contributed by atoms with van der Waals surface area (Å²) in [5, 5.41) is 2.84. The summed E-state index contributed by atoms with van der Waals surface area (Å²) in [5.41, 5.74) is 1.83. The fourth-order valence-electron chi connectivity index (χ4n) is 1.67. The third kappa shape index (κ3) is 4.14. The van der Waals surface area contributed by atoms with Gasteiger partial charge < -0.3 is 10.1 Å². The van der Waals surface area contributed by atoms with Crippen molar-refractivity contribution in [2.45, 2.75) is 20.0 Å². The van der Waals surface area contributed by atoms with Crippen molar-refractivity contribution in [3.8, 4) is 5.75 Å². The lowest BCUT2D eigenvalue weighted by Gasteiger charge is -2.08. The number of hydrogen-bond acceptors (Lipinski definition) is 2. The second-order valence-corrected chi connectivity index (χ2v) is 4.20. The quantitative estimate of drug-likeness (QED) is 0.886. The van der Waals surface area contributed by atoms with Crippen LogP contribution in [-0.4, -0.2) is 5.91 Å². The van der Waals surface area contributed by atoms with Gasteiger partial charge in [-0.25, -0.2) is 0 Å². The number of ether oxygens (including phenoxy) is 1. The first-order chi connectivity index (χ1) is 9.28. The summed E-state index contributed by atoms with van der Waals surface area (Å²) < 4.78 is 5.67. The Bertz CT molecular complexity index is 537. The van der Waals surface area contributed by atoms with Crippen molar-refractivity contribution in [3.63, 3.8) is 0 Å². The van der Waals surface area contributed by atoms with Crippen LogP contribution in [-0.2, 0) is 11.4 Å².